The topological polar surface area (TPSA) is 51.2 Å². The van der Waals surface area contributed by atoms with E-state index in [1.54, 1.807) is 18.4 Å². The fraction of sp³-hybridized carbons (Fsp3) is 0.714. The lowest BCUT2D eigenvalue weighted by Crippen LogP contribution is -2.26. The van der Waals surface area contributed by atoms with E-state index in [2.05, 4.69) is 24.1 Å². The molecule has 0 saturated heterocycles. The van der Waals surface area contributed by atoms with E-state index in [0.717, 1.165) is 23.5 Å². The summed E-state index contributed by atoms with van der Waals surface area (Å²) in [5.41, 5.74) is 0.957. The number of hydrogen-bond donors (Lipinski definition) is 1. The number of thiazole rings is 1. The lowest BCUT2D eigenvalue weighted by Gasteiger charge is -2.11. The number of carbonyl (C=O) groups excluding carboxylic acids is 1. The first kappa shape index (κ1) is 16.1. The summed E-state index contributed by atoms with van der Waals surface area (Å²) in [6.07, 6.45) is 2.34. The minimum absolute atomic E-state index is 0.0151. The highest BCUT2D eigenvalue weighted by Crippen LogP contribution is 2.22. The van der Waals surface area contributed by atoms with Crippen molar-refractivity contribution in [3.63, 3.8) is 0 Å². The van der Waals surface area contributed by atoms with Crippen molar-refractivity contribution in [1.82, 2.24) is 10.3 Å². The minimum atomic E-state index is -0.0151. The second-order valence-corrected chi connectivity index (χ2v) is 5.89. The number of carbonyl (C=O) groups is 1. The van der Waals surface area contributed by atoms with E-state index in [9.17, 15) is 4.79 Å². The third-order valence-corrected chi connectivity index (χ3v) is 4.02. The molecule has 1 unspecified atom stereocenters. The number of rotatable bonds is 8. The van der Waals surface area contributed by atoms with Crippen molar-refractivity contribution in [2.75, 3.05) is 13.7 Å². The lowest BCUT2D eigenvalue weighted by molar-refractivity contribution is -0.121. The largest absolute Gasteiger partial charge is 0.385 e. The smallest absolute Gasteiger partial charge is 0.220 e. The maximum atomic E-state index is 11.8. The molecule has 0 radical (unpaired) electrons. The lowest BCUT2D eigenvalue weighted by atomic mass is 10.2. The Bertz CT molecular complexity index is 391. The zero-order chi connectivity index (χ0) is 14.3. The van der Waals surface area contributed by atoms with Crippen molar-refractivity contribution >= 4 is 17.2 Å². The molecule has 1 N–H and O–H groups in total. The quantitative estimate of drug-likeness (QED) is 0.745. The Kier molecular flexibility index (Phi) is 7.02. The zero-order valence-electron chi connectivity index (χ0n) is 12.2. The fourth-order valence-electron chi connectivity index (χ4n) is 1.68. The SMILES string of the molecule is COCCCCC(=O)NC(C)c1csc(C(C)C)n1. The van der Waals surface area contributed by atoms with Gasteiger partial charge >= 0.3 is 0 Å². The number of hydrogen-bond acceptors (Lipinski definition) is 4. The van der Waals surface area contributed by atoms with Gasteiger partial charge < -0.3 is 10.1 Å². The molecule has 4 nitrogen and oxygen atoms in total. The molecule has 1 aromatic rings. The molecule has 0 aliphatic carbocycles. The van der Waals surface area contributed by atoms with Crippen LogP contribution in [0.5, 0.6) is 0 Å². The Labute approximate surface area is 119 Å². The van der Waals surface area contributed by atoms with Gasteiger partial charge in [0.05, 0.1) is 16.7 Å². The predicted octanol–water partition coefficient (Wildman–Crippen LogP) is 3.26. The third-order valence-electron chi connectivity index (χ3n) is 2.86. The van der Waals surface area contributed by atoms with Gasteiger partial charge in [0.1, 0.15) is 0 Å². The first-order valence-electron chi connectivity index (χ1n) is 6.78. The molecular weight excluding hydrogens is 260 g/mol. The standard InChI is InChI=1S/C14H24N2O2S/c1-10(2)14-16-12(9-19-14)11(3)15-13(17)7-5-6-8-18-4/h9-11H,5-8H2,1-4H3,(H,15,17). The maximum absolute atomic E-state index is 11.8. The molecule has 5 heteroatoms. The summed E-state index contributed by atoms with van der Waals surface area (Å²) in [5.74, 6) is 0.526. The van der Waals surface area contributed by atoms with Gasteiger partial charge in [-0.05, 0) is 19.8 Å². The molecule has 0 aliphatic heterocycles. The maximum Gasteiger partial charge on any atom is 0.220 e. The molecule has 0 aromatic carbocycles. The number of amides is 1. The summed E-state index contributed by atoms with van der Waals surface area (Å²) in [7, 11) is 1.68. The first-order valence-corrected chi connectivity index (χ1v) is 7.66. The average Bonchev–Trinajstić information content (AvgIpc) is 2.84. The first-order chi connectivity index (χ1) is 9.04. The third kappa shape index (κ3) is 5.70. The van der Waals surface area contributed by atoms with Gasteiger partial charge in [-0.2, -0.15) is 0 Å². The van der Waals surface area contributed by atoms with Crippen molar-refractivity contribution in [3.8, 4) is 0 Å². The number of methoxy groups -OCH3 is 1. The molecule has 1 aromatic heterocycles. The van der Waals surface area contributed by atoms with Crippen molar-refractivity contribution in [2.45, 2.75) is 52.0 Å². The zero-order valence-corrected chi connectivity index (χ0v) is 13.0. The monoisotopic (exact) mass is 284 g/mol. The molecule has 1 heterocycles. The van der Waals surface area contributed by atoms with Crippen LogP contribution in [-0.4, -0.2) is 24.6 Å². The number of ether oxygens (including phenoxy) is 1. The summed E-state index contributed by atoms with van der Waals surface area (Å²) in [6.45, 7) is 6.95. The van der Waals surface area contributed by atoms with Gasteiger partial charge in [-0.15, -0.1) is 11.3 Å². The van der Waals surface area contributed by atoms with Crippen LogP contribution in [0.15, 0.2) is 5.38 Å². The highest BCUT2D eigenvalue weighted by molar-refractivity contribution is 7.09. The van der Waals surface area contributed by atoms with Crippen molar-refractivity contribution in [2.24, 2.45) is 0 Å². The molecule has 0 bridgehead atoms. The van der Waals surface area contributed by atoms with Crippen LogP contribution in [0.3, 0.4) is 0 Å². The Balaban J connectivity index is 2.36. The van der Waals surface area contributed by atoms with Crippen LogP contribution >= 0.6 is 11.3 Å². The highest BCUT2D eigenvalue weighted by Gasteiger charge is 2.13. The molecule has 1 atom stereocenters. The van der Waals surface area contributed by atoms with Gasteiger partial charge in [-0.1, -0.05) is 13.8 Å². The van der Waals surface area contributed by atoms with E-state index >= 15 is 0 Å². The molecular formula is C14H24N2O2S. The fourth-order valence-corrected chi connectivity index (χ4v) is 2.61. The van der Waals surface area contributed by atoms with E-state index in [-0.39, 0.29) is 11.9 Å². The average molecular weight is 284 g/mol. The summed E-state index contributed by atoms with van der Waals surface area (Å²) in [4.78, 5) is 16.3. The number of nitrogens with zero attached hydrogens (tertiary/aromatic N) is 1. The summed E-state index contributed by atoms with van der Waals surface area (Å²) in [5, 5.41) is 6.14. The van der Waals surface area contributed by atoms with Crippen LogP contribution in [0.4, 0.5) is 0 Å². The Morgan fingerprint density at radius 2 is 2.16 bits per heavy atom. The van der Waals surface area contributed by atoms with Gasteiger partial charge in [-0.25, -0.2) is 4.98 Å². The number of nitrogens with one attached hydrogen (secondary N) is 1. The molecule has 0 aliphatic rings. The predicted molar refractivity (Wildman–Crippen MR) is 78.5 cm³/mol. The summed E-state index contributed by atoms with van der Waals surface area (Å²) < 4.78 is 4.96. The molecule has 0 spiro atoms. The normalized spacial score (nSPS) is 12.7. The van der Waals surface area contributed by atoms with Crippen molar-refractivity contribution in [3.05, 3.63) is 16.1 Å². The molecule has 1 rings (SSSR count). The Morgan fingerprint density at radius 1 is 1.42 bits per heavy atom. The molecule has 108 valence electrons. The van der Waals surface area contributed by atoms with Crippen LogP contribution in [0, 0.1) is 0 Å². The number of aromatic nitrogens is 1. The summed E-state index contributed by atoms with van der Waals surface area (Å²) in [6, 6.07) is -0.0151. The van der Waals surface area contributed by atoms with E-state index in [4.69, 9.17) is 4.74 Å². The molecule has 1 amide bonds. The highest BCUT2D eigenvalue weighted by atomic mass is 32.1. The number of unbranched alkanes of at least 4 members (excludes halogenated alkanes) is 1. The van der Waals surface area contributed by atoms with Gasteiger partial charge in [0.2, 0.25) is 5.91 Å². The van der Waals surface area contributed by atoms with E-state index in [0.29, 0.717) is 18.9 Å². The van der Waals surface area contributed by atoms with Gasteiger partial charge in [0, 0.05) is 31.4 Å². The molecule has 0 saturated carbocycles. The van der Waals surface area contributed by atoms with Crippen LogP contribution in [0.2, 0.25) is 0 Å². The van der Waals surface area contributed by atoms with Crippen LogP contribution in [-0.2, 0) is 9.53 Å². The van der Waals surface area contributed by atoms with E-state index in [1.807, 2.05) is 12.3 Å². The second kappa shape index (κ2) is 8.27. The Hall–Kier alpha value is -0.940. The Morgan fingerprint density at radius 3 is 2.74 bits per heavy atom. The van der Waals surface area contributed by atoms with Crippen molar-refractivity contribution < 1.29 is 9.53 Å². The van der Waals surface area contributed by atoms with Crippen molar-refractivity contribution in [1.29, 1.82) is 0 Å². The molecule has 19 heavy (non-hydrogen) atoms. The van der Waals surface area contributed by atoms with Crippen LogP contribution < -0.4 is 5.32 Å². The second-order valence-electron chi connectivity index (χ2n) is 5.00. The van der Waals surface area contributed by atoms with Crippen LogP contribution in [0.1, 0.15) is 62.7 Å². The van der Waals surface area contributed by atoms with Crippen LogP contribution in [0.25, 0.3) is 0 Å². The van der Waals surface area contributed by atoms with Gasteiger partial charge in [0.25, 0.3) is 0 Å². The molecule has 0 fully saturated rings. The van der Waals surface area contributed by atoms with E-state index in [1.165, 1.54) is 0 Å². The minimum Gasteiger partial charge on any atom is -0.385 e. The van der Waals surface area contributed by atoms with E-state index < -0.39 is 0 Å². The van der Waals surface area contributed by atoms with Gasteiger partial charge in [0.15, 0.2) is 0 Å². The van der Waals surface area contributed by atoms with Gasteiger partial charge in [-0.3, -0.25) is 4.79 Å². The summed E-state index contributed by atoms with van der Waals surface area (Å²) >= 11 is 1.66.